The van der Waals surface area contributed by atoms with Gasteiger partial charge in [-0.15, -0.1) is 0 Å². The van der Waals surface area contributed by atoms with E-state index in [1.807, 2.05) is 4.90 Å². The number of carbonyl (C=O) groups is 1. The number of piperidine rings is 1. The average molecular weight is 234 g/mol. The van der Waals surface area contributed by atoms with Gasteiger partial charge in [-0.1, -0.05) is 20.8 Å². The molecule has 2 unspecified atom stereocenters. The summed E-state index contributed by atoms with van der Waals surface area (Å²) in [5.41, 5.74) is -0.684. The molecule has 94 valence electrons. The number of nitrogens with zero attached hydrogens (tertiary/aromatic N) is 2. The summed E-state index contributed by atoms with van der Waals surface area (Å²) in [4.78, 5) is 14.4. The van der Waals surface area contributed by atoms with Gasteiger partial charge < -0.3 is 4.90 Å². The number of likely N-dealkylation sites (tertiary alicyclic amines) is 1. The molecule has 2 aliphatic rings. The zero-order valence-corrected chi connectivity index (χ0v) is 11.1. The van der Waals surface area contributed by atoms with Gasteiger partial charge in [0.15, 0.2) is 0 Å². The van der Waals surface area contributed by atoms with Gasteiger partial charge in [-0.3, -0.25) is 4.79 Å². The lowest BCUT2D eigenvalue weighted by atomic mass is 9.62. The summed E-state index contributed by atoms with van der Waals surface area (Å²) in [6, 6.07) is 2.28. The van der Waals surface area contributed by atoms with Crippen molar-refractivity contribution in [2.75, 3.05) is 13.1 Å². The van der Waals surface area contributed by atoms with Crippen LogP contribution >= 0.6 is 0 Å². The molecule has 1 saturated carbocycles. The van der Waals surface area contributed by atoms with Gasteiger partial charge in [-0.25, -0.2) is 0 Å². The molecule has 2 atom stereocenters. The molecule has 1 saturated heterocycles. The summed E-state index contributed by atoms with van der Waals surface area (Å²) in [5.74, 6) is 1.75. The van der Waals surface area contributed by atoms with Crippen molar-refractivity contribution in [1.82, 2.24) is 4.90 Å². The summed E-state index contributed by atoms with van der Waals surface area (Å²) >= 11 is 0. The maximum Gasteiger partial charge on any atom is 0.243 e. The maximum absolute atomic E-state index is 12.5. The van der Waals surface area contributed by atoms with Crippen LogP contribution in [0.3, 0.4) is 0 Å². The minimum Gasteiger partial charge on any atom is -0.341 e. The van der Waals surface area contributed by atoms with Crippen LogP contribution in [0.1, 0.15) is 40.0 Å². The zero-order chi connectivity index (χ0) is 12.6. The van der Waals surface area contributed by atoms with Gasteiger partial charge in [0.25, 0.3) is 0 Å². The number of hydrogen-bond acceptors (Lipinski definition) is 2. The number of rotatable bonds is 1. The summed E-state index contributed by atoms with van der Waals surface area (Å²) < 4.78 is 0. The van der Waals surface area contributed by atoms with Crippen molar-refractivity contribution in [3.05, 3.63) is 0 Å². The number of carbonyl (C=O) groups excluding carboxylic acids is 1. The van der Waals surface area contributed by atoms with Crippen molar-refractivity contribution >= 4 is 5.91 Å². The number of amides is 1. The van der Waals surface area contributed by atoms with Gasteiger partial charge in [-0.05, 0) is 37.0 Å². The molecule has 1 aliphatic heterocycles. The van der Waals surface area contributed by atoms with Crippen LogP contribution in [0.25, 0.3) is 0 Å². The molecule has 17 heavy (non-hydrogen) atoms. The van der Waals surface area contributed by atoms with E-state index in [2.05, 4.69) is 26.8 Å². The standard InChI is InChI=1S/C14H22N2O/c1-10-4-11(2)8-16(7-10)13(17)14(9-15)5-12(3)6-14/h10-12H,4-8H2,1-3H3. The first-order valence-corrected chi connectivity index (χ1v) is 6.67. The van der Waals surface area contributed by atoms with E-state index in [4.69, 9.17) is 0 Å². The third-order valence-corrected chi connectivity index (χ3v) is 4.17. The van der Waals surface area contributed by atoms with Crippen molar-refractivity contribution in [3.8, 4) is 6.07 Å². The second-order valence-electron chi connectivity index (χ2n) is 6.36. The smallest absolute Gasteiger partial charge is 0.243 e. The number of nitriles is 1. The van der Waals surface area contributed by atoms with Crippen LogP contribution in [-0.4, -0.2) is 23.9 Å². The topological polar surface area (TPSA) is 44.1 Å². The maximum atomic E-state index is 12.5. The van der Waals surface area contributed by atoms with E-state index in [0.29, 0.717) is 17.8 Å². The Morgan fingerprint density at radius 2 is 1.71 bits per heavy atom. The Bertz CT molecular complexity index is 342. The molecule has 0 aromatic heterocycles. The van der Waals surface area contributed by atoms with Crippen molar-refractivity contribution in [1.29, 1.82) is 5.26 Å². The van der Waals surface area contributed by atoms with Gasteiger partial charge >= 0.3 is 0 Å². The lowest BCUT2D eigenvalue weighted by molar-refractivity contribution is -0.148. The van der Waals surface area contributed by atoms with Crippen molar-refractivity contribution in [2.45, 2.75) is 40.0 Å². The molecule has 3 nitrogen and oxygen atoms in total. The van der Waals surface area contributed by atoms with E-state index < -0.39 is 5.41 Å². The Balaban J connectivity index is 2.07. The molecular weight excluding hydrogens is 212 g/mol. The van der Waals surface area contributed by atoms with E-state index in [1.54, 1.807) is 0 Å². The van der Waals surface area contributed by atoms with Crippen LogP contribution in [-0.2, 0) is 4.79 Å². The fraction of sp³-hybridized carbons (Fsp3) is 0.857. The fourth-order valence-electron chi connectivity index (χ4n) is 3.58. The average Bonchev–Trinajstić information content (AvgIpc) is 2.22. The molecule has 1 amide bonds. The minimum atomic E-state index is -0.684. The third kappa shape index (κ3) is 2.18. The Labute approximate surface area is 104 Å². The summed E-state index contributed by atoms with van der Waals surface area (Å²) in [6.45, 7) is 8.17. The highest BCUT2D eigenvalue weighted by Gasteiger charge is 2.51. The van der Waals surface area contributed by atoms with E-state index in [0.717, 1.165) is 25.9 Å². The molecule has 0 radical (unpaired) electrons. The Hall–Kier alpha value is -1.04. The van der Waals surface area contributed by atoms with Crippen LogP contribution in [0, 0.1) is 34.5 Å². The predicted molar refractivity (Wildman–Crippen MR) is 66.0 cm³/mol. The molecule has 3 heteroatoms. The Kier molecular flexibility index (Phi) is 3.16. The van der Waals surface area contributed by atoms with Gasteiger partial charge in [0.05, 0.1) is 6.07 Å². The quantitative estimate of drug-likeness (QED) is 0.699. The van der Waals surface area contributed by atoms with E-state index in [9.17, 15) is 10.1 Å². The van der Waals surface area contributed by atoms with Crippen molar-refractivity contribution in [3.63, 3.8) is 0 Å². The second-order valence-corrected chi connectivity index (χ2v) is 6.36. The highest BCUT2D eigenvalue weighted by Crippen LogP contribution is 2.46. The third-order valence-electron chi connectivity index (χ3n) is 4.17. The SMILES string of the molecule is CC1CC(C)CN(C(=O)C2(C#N)CC(C)C2)C1. The second kappa shape index (κ2) is 4.33. The monoisotopic (exact) mass is 234 g/mol. The van der Waals surface area contributed by atoms with E-state index in [-0.39, 0.29) is 5.91 Å². The molecule has 0 aromatic rings. The molecule has 0 aromatic carbocycles. The Morgan fingerprint density at radius 3 is 2.12 bits per heavy atom. The van der Waals surface area contributed by atoms with Crippen LogP contribution in [0.5, 0.6) is 0 Å². The highest BCUT2D eigenvalue weighted by atomic mass is 16.2. The zero-order valence-electron chi connectivity index (χ0n) is 11.1. The fourth-order valence-corrected chi connectivity index (χ4v) is 3.58. The van der Waals surface area contributed by atoms with Crippen LogP contribution in [0.4, 0.5) is 0 Å². The molecule has 1 heterocycles. The van der Waals surface area contributed by atoms with Crippen LogP contribution < -0.4 is 0 Å². The normalized spacial score (nSPS) is 41.5. The van der Waals surface area contributed by atoms with Crippen LogP contribution in [0.15, 0.2) is 0 Å². The first-order valence-electron chi connectivity index (χ1n) is 6.67. The molecule has 2 rings (SSSR count). The highest BCUT2D eigenvalue weighted by molar-refractivity contribution is 5.86. The lowest BCUT2D eigenvalue weighted by Crippen LogP contribution is -2.53. The first kappa shape index (κ1) is 12.4. The molecule has 0 N–H and O–H groups in total. The molecular formula is C14H22N2O. The van der Waals surface area contributed by atoms with Gasteiger partial charge in [0.1, 0.15) is 5.41 Å². The molecule has 0 spiro atoms. The summed E-state index contributed by atoms with van der Waals surface area (Å²) in [6.07, 6.45) is 2.70. The molecule has 2 fully saturated rings. The minimum absolute atomic E-state index is 0.0940. The summed E-state index contributed by atoms with van der Waals surface area (Å²) in [5, 5.41) is 9.29. The molecule has 0 bridgehead atoms. The first-order chi connectivity index (χ1) is 7.97. The van der Waals surface area contributed by atoms with Crippen molar-refractivity contribution in [2.24, 2.45) is 23.2 Å². The number of hydrogen-bond donors (Lipinski definition) is 0. The Morgan fingerprint density at radius 1 is 1.18 bits per heavy atom. The van der Waals surface area contributed by atoms with Crippen molar-refractivity contribution < 1.29 is 4.79 Å². The predicted octanol–water partition coefficient (Wildman–Crippen LogP) is 2.43. The van der Waals surface area contributed by atoms with Gasteiger partial charge in [-0.2, -0.15) is 5.26 Å². The van der Waals surface area contributed by atoms with Crippen LogP contribution in [0.2, 0.25) is 0 Å². The van der Waals surface area contributed by atoms with Gasteiger partial charge in [0.2, 0.25) is 5.91 Å². The largest absolute Gasteiger partial charge is 0.341 e. The lowest BCUT2D eigenvalue weighted by Gasteiger charge is -2.45. The van der Waals surface area contributed by atoms with Gasteiger partial charge in [0, 0.05) is 13.1 Å². The van der Waals surface area contributed by atoms with E-state index in [1.165, 1.54) is 6.42 Å². The molecule has 1 aliphatic carbocycles. The van der Waals surface area contributed by atoms with E-state index >= 15 is 0 Å². The summed E-state index contributed by atoms with van der Waals surface area (Å²) in [7, 11) is 0.